The molecule has 2 fully saturated rings. The molecule has 4 amide bonds. The molecule has 0 aromatic heterocycles. The summed E-state index contributed by atoms with van der Waals surface area (Å²) in [5.74, 6) is -0.271. The number of benzene rings is 2. The van der Waals surface area contributed by atoms with Crippen LogP contribution in [0.3, 0.4) is 0 Å². The van der Waals surface area contributed by atoms with Gasteiger partial charge in [-0.15, -0.1) is 0 Å². The lowest BCUT2D eigenvalue weighted by atomic mass is 9.76. The first-order chi connectivity index (χ1) is 15.5. The maximum Gasteiger partial charge on any atom is 0.326 e. The third-order valence-corrected chi connectivity index (χ3v) is 7.09. The zero-order chi connectivity index (χ0) is 22.3. The van der Waals surface area contributed by atoms with Gasteiger partial charge in [0.2, 0.25) is 0 Å². The quantitative estimate of drug-likeness (QED) is 0.727. The number of piperazine rings is 1. The molecule has 1 atom stereocenters. The summed E-state index contributed by atoms with van der Waals surface area (Å²) in [6.45, 7) is 2.42. The SMILES string of the molecule is O=C(c1ccccc1Cl)N1CCN(CN2C(=O)NC3(CCCc4ccccc43)C2=O)CC1. The average molecular weight is 453 g/mol. The Kier molecular flexibility index (Phi) is 5.39. The van der Waals surface area contributed by atoms with Gasteiger partial charge < -0.3 is 10.2 Å². The van der Waals surface area contributed by atoms with Crippen LogP contribution in [-0.2, 0) is 16.8 Å². The molecule has 3 aliphatic rings. The Hall–Kier alpha value is -2.90. The van der Waals surface area contributed by atoms with Gasteiger partial charge in [-0.2, -0.15) is 0 Å². The first-order valence-electron chi connectivity index (χ1n) is 11.0. The minimum absolute atomic E-state index is 0.0944. The van der Waals surface area contributed by atoms with Gasteiger partial charge in [0.05, 0.1) is 17.3 Å². The van der Waals surface area contributed by atoms with Gasteiger partial charge in [0.1, 0.15) is 5.54 Å². The van der Waals surface area contributed by atoms with Crippen LogP contribution in [0.4, 0.5) is 4.79 Å². The van der Waals surface area contributed by atoms with Gasteiger partial charge in [0, 0.05) is 26.2 Å². The summed E-state index contributed by atoms with van der Waals surface area (Å²) in [6.07, 6.45) is 2.40. The van der Waals surface area contributed by atoms with E-state index in [0.717, 1.165) is 24.0 Å². The number of amides is 4. The number of carbonyl (C=O) groups excluding carboxylic acids is 3. The summed E-state index contributed by atoms with van der Waals surface area (Å²) in [7, 11) is 0. The van der Waals surface area contributed by atoms with Crippen molar-refractivity contribution in [3.63, 3.8) is 0 Å². The maximum atomic E-state index is 13.5. The van der Waals surface area contributed by atoms with Crippen LogP contribution in [-0.4, -0.2) is 65.4 Å². The van der Waals surface area contributed by atoms with Crippen LogP contribution in [0.2, 0.25) is 5.02 Å². The van der Waals surface area contributed by atoms with Crippen molar-refractivity contribution in [2.45, 2.75) is 24.8 Å². The van der Waals surface area contributed by atoms with Crippen molar-refractivity contribution in [1.82, 2.24) is 20.0 Å². The van der Waals surface area contributed by atoms with E-state index in [-0.39, 0.29) is 24.5 Å². The highest BCUT2D eigenvalue weighted by Crippen LogP contribution is 2.39. The average Bonchev–Trinajstić information content (AvgIpc) is 3.04. The predicted octanol–water partition coefficient (Wildman–Crippen LogP) is 2.84. The zero-order valence-electron chi connectivity index (χ0n) is 17.7. The summed E-state index contributed by atoms with van der Waals surface area (Å²) < 4.78 is 0. The van der Waals surface area contributed by atoms with E-state index < -0.39 is 5.54 Å². The van der Waals surface area contributed by atoms with Crippen LogP contribution in [0, 0.1) is 0 Å². The van der Waals surface area contributed by atoms with Crippen molar-refractivity contribution >= 4 is 29.4 Å². The summed E-state index contributed by atoms with van der Waals surface area (Å²) in [6, 6.07) is 14.6. The summed E-state index contributed by atoms with van der Waals surface area (Å²) in [5, 5.41) is 3.44. The van der Waals surface area contributed by atoms with E-state index in [0.29, 0.717) is 43.2 Å². The minimum Gasteiger partial charge on any atom is -0.336 e. The number of hydrogen-bond donors (Lipinski definition) is 1. The van der Waals surface area contributed by atoms with Gasteiger partial charge in [0.15, 0.2) is 0 Å². The Balaban J connectivity index is 1.26. The highest BCUT2D eigenvalue weighted by atomic mass is 35.5. The molecule has 1 aliphatic carbocycles. The molecule has 0 bridgehead atoms. The van der Waals surface area contributed by atoms with Crippen LogP contribution >= 0.6 is 11.6 Å². The molecule has 166 valence electrons. The lowest BCUT2D eigenvalue weighted by Crippen LogP contribution is -2.53. The van der Waals surface area contributed by atoms with Crippen molar-refractivity contribution in [2.24, 2.45) is 0 Å². The van der Waals surface area contributed by atoms with Crippen molar-refractivity contribution in [1.29, 1.82) is 0 Å². The number of halogens is 1. The molecule has 2 aromatic carbocycles. The molecule has 2 aliphatic heterocycles. The highest BCUT2D eigenvalue weighted by molar-refractivity contribution is 6.33. The van der Waals surface area contributed by atoms with Gasteiger partial charge >= 0.3 is 6.03 Å². The fourth-order valence-electron chi connectivity index (χ4n) is 5.04. The molecule has 5 rings (SSSR count). The van der Waals surface area contributed by atoms with Crippen molar-refractivity contribution in [2.75, 3.05) is 32.8 Å². The van der Waals surface area contributed by atoms with Gasteiger partial charge in [-0.25, -0.2) is 9.69 Å². The van der Waals surface area contributed by atoms with Crippen LogP contribution in [0.5, 0.6) is 0 Å². The smallest absolute Gasteiger partial charge is 0.326 e. The van der Waals surface area contributed by atoms with Crippen molar-refractivity contribution in [3.05, 3.63) is 70.2 Å². The number of aryl methyl sites for hydroxylation is 1. The summed E-state index contributed by atoms with van der Waals surface area (Å²) >= 11 is 6.17. The Labute approximate surface area is 191 Å². The molecule has 1 N–H and O–H groups in total. The normalized spacial score (nSPS) is 23.4. The molecule has 2 saturated heterocycles. The summed E-state index contributed by atoms with van der Waals surface area (Å²) in [4.78, 5) is 44.2. The number of hydrogen-bond acceptors (Lipinski definition) is 4. The second-order valence-corrected chi connectivity index (χ2v) is 9.02. The van der Waals surface area contributed by atoms with E-state index in [1.54, 1.807) is 29.2 Å². The van der Waals surface area contributed by atoms with E-state index in [4.69, 9.17) is 11.6 Å². The monoisotopic (exact) mass is 452 g/mol. The Bertz CT molecular complexity index is 1080. The van der Waals surface area contributed by atoms with Crippen LogP contribution in [0.15, 0.2) is 48.5 Å². The minimum atomic E-state index is -0.951. The van der Waals surface area contributed by atoms with Gasteiger partial charge in [0.25, 0.3) is 11.8 Å². The lowest BCUT2D eigenvalue weighted by Gasteiger charge is -2.37. The largest absolute Gasteiger partial charge is 0.336 e. The molecule has 7 nitrogen and oxygen atoms in total. The van der Waals surface area contributed by atoms with E-state index in [1.165, 1.54) is 4.90 Å². The molecular formula is C24H25ClN4O3. The molecule has 32 heavy (non-hydrogen) atoms. The number of nitrogens with one attached hydrogen (secondary N) is 1. The first-order valence-corrected chi connectivity index (χ1v) is 11.4. The molecule has 1 spiro atoms. The number of rotatable bonds is 3. The number of nitrogens with zero attached hydrogens (tertiary/aromatic N) is 3. The molecule has 2 aromatic rings. The van der Waals surface area contributed by atoms with E-state index >= 15 is 0 Å². The molecule has 0 saturated carbocycles. The second-order valence-electron chi connectivity index (χ2n) is 8.61. The van der Waals surface area contributed by atoms with E-state index in [1.807, 2.05) is 29.2 Å². The number of imide groups is 1. The van der Waals surface area contributed by atoms with Crippen LogP contribution < -0.4 is 5.32 Å². The fraction of sp³-hybridized carbons (Fsp3) is 0.375. The molecular weight excluding hydrogens is 428 g/mol. The number of fused-ring (bicyclic) bond motifs is 2. The first kappa shape index (κ1) is 21.0. The second kappa shape index (κ2) is 8.22. The molecule has 1 unspecified atom stereocenters. The third-order valence-electron chi connectivity index (χ3n) is 6.76. The Morgan fingerprint density at radius 1 is 1.00 bits per heavy atom. The van der Waals surface area contributed by atoms with Gasteiger partial charge in [-0.3, -0.25) is 14.5 Å². The zero-order valence-corrected chi connectivity index (χ0v) is 18.5. The van der Waals surface area contributed by atoms with Crippen LogP contribution in [0.25, 0.3) is 0 Å². The Morgan fingerprint density at radius 3 is 2.50 bits per heavy atom. The van der Waals surface area contributed by atoms with E-state index in [9.17, 15) is 14.4 Å². The van der Waals surface area contributed by atoms with E-state index in [2.05, 4.69) is 5.32 Å². The van der Waals surface area contributed by atoms with Crippen molar-refractivity contribution in [3.8, 4) is 0 Å². The predicted molar refractivity (Wildman–Crippen MR) is 120 cm³/mol. The molecule has 8 heteroatoms. The molecule has 0 radical (unpaired) electrons. The van der Waals surface area contributed by atoms with Crippen molar-refractivity contribution < 1.29 is 14.4 Å². The topological polar surface area (TPSA) is 73.0 Å². The third kappa shape index (κ3) is 3.45. The van der Waals surface area contributed by atoms with Gasteiger partial charge in [-0.1, -0.05) is 48.0 Å². The number of carbonyl (C=O) groups is 3. The number of urea groups is 1. The standard InChI is InChI=1S/C24H25ClN4O3/c25-20-10-4-2-8-18(20)21(30)28-14-12-27(13-15-28)16-29-22(31)24(26-23(29)32)11-5-7-17-6-1-3-9-19(17)24/h1-4,6,8-10H,5,7,11-16H2,(H,26,32). The molecule has 2 heterocycles. The van der Waals surface area contributed by atoms with Gasteiger partial charge in [-0.05, 0) is 42.5 Å². The Morgan fingerprint density at radius 2 is 1.72 bits per heavy atom. The lowest BCUT2D eigenvalue weighted by molar-refractivity contribution is -0.133. The maximum absolute atomic E-state index is 13.5. The fourth-order valence-corrected chi connectivity index (χ4v) is 5.25. The van der Waals surface area contributed by atoms with Crippen LogP contribution in [0.1, 0.15) is 34.3 Å². The summed E-state index contributed by atoms with van der Waals surface area (Å²) in [5.41, 5.74) is 1.59. The highest BCUT2D eigenvalue weighted by Gasteiger charge is 2.54.